The summed E-state index contributed by atoms with van der Waals surface area (Å²) in [6, 6.07) is 8.42. The van der Waals surface area contributed by atoms with Gasteiger partial charge in [-0.25, -0.2) is 0 Å². The van der Waals surface area contributed by atoms with E-state index < -0.39 is 0 Å². The summed E-state index contributed by atoms with van der Waals surface area (Å²) in [4.78, 5) is 0. The Balaban J connectivity index is 1.95. The van der Waals surface area contributed by atoms with Crippen LogP contribution in [-0.4, -0.2) is 13.2 Å². The van der Waals surface area contributed by atoms with Crippen LogP contribution in [0.3, 0.4) is 0 Å². The smallest absolute Gasteiger partial charge is 0.164 e. The lowest BCUT2D eigenvalue weighted by atomic mass is 10.1. The van der Waals surface area contributed by atoms with E-state index in [1.807, 2.05) is 6.07 Å². The van der Waals surface area contributed by atoms with Crippen molar-refractivity contribution in [2.75, 3.05) is 13.2 Å². The van der Waals surface area contributed by atoms with E-state index >= 15 is 0 Å². The first-order valence-corrected chi connectivity index (χ1v) is 10.4. The highest BCUT2D eigenvalue weighted by molar-refractivity contribution is 6.06. The molecule has 0 fully saturated rings. The monoisotopic (exact) mass is 368 g/mol. The van der Waals surface area contributed by atoms with Gasteiger partial charge in [0.15, 0.2) is 11.5 Å². The molecule has 146 valence electrons. The zero-order valence-electron chi connectivity index (χ0n) is 17.2. The second-order valence-electron chi connectivity index (χ2n) is 7.44. The Morgan fingerprint density at radius 2 is 1.19 bits per heavy atom. The molecule has 3 aromatic rings. The topological polar surface area (TPSA) is 31.6 Å². The van der Waals surface area contributed by atoms with Gasteiger partial charge in [0.05, 0.1) is 13.2 Å². The number of hydrogen-bond donors (Lipinski definition) is 0. The van der Waals surface area contributed by atoms with Crippen LogP contribution in [0.1, 0.15) is 63.5 Å². The first-order chi connectivity index (χ1) is 13.1. The van der Waals surface area contributed by atoms with E-state index in [2.05, 4.69) is 45.9 Å². The maximum Gasteiger partial charge on any atom is 0.164 e. The van der Waals surface area contributed by atoms with Gasteiger partial charge in [-0.05, 0) is 56.0 Å². The normalized spacial score (nSPS) is 11.4. The quantitative estimate of drug-likeness (QED) is 0.351. The van der Waals surface area contributed by atoms with Crippen LogP contribution in [0.4, 0.5) is 0 Å². The first-order valence-electron chi connectivity index (χ1n) is 10.4. The summed E-state index contributed by atoms with van der Waals surface area (Å²) < 4.78 is 18.3. The van der Waals surface area contributed by atoms with Crippen LogP contribution in [0.2, 0.25) is 0 Å². The van der Waals surface area contributed by atoms with Crippen molar-refractivity contribution >= 4 is 21.9 Å². The maximum absolute atomic E-state index is 6.12. The van der Waals surface area contributed by atoms with E-state index in [4.69, 9.17) is 13.9 Å². The van der Waals surface area contributed by atoms with Crippen molar-refractivity contribution in [1.82, 2.24) is 0 Å². The second kappa shape index (κ2) is 9.16. The maximum atomic E-state index is 6.12. The summed E-state index contributed by atoms with van der Waals surface area (Å²) in [6.45, 7) is 10.1. The van der Waals surface area contributed by atoms with E-state index in [0.717, 1.165) is 52.9 Å². The largest absolute Gasteiger partial charge is 0.490 e. The average Bonchev–Trinajstić information content (AvgIpc) is 2.99. The average molecular weight is 369 g/mol. The van der Waals surface area contributed by atoms with Crippen LogP contribution in [0.5, 0.6) is 11.5 Å². The van der Waals surface area contributed by atoms with Gasteiger partial charge in [-0.15, -0.1) is 0 Å². The van der Waals surface area contributed by atoms with Gasteiger partial charge >= 0.3 is 0 Å². The standard InChI is InChI=1S/C24H32O3/c1-5-7-9-11-25-23-15-20-19-13-17(3)18(4)14-21(19)27-22(20)16-24(23)26-12-10-8-6-2/h13-16H,5-12H2,1-4H3. The van der Waals surface area contributed by atoms with E-state index in [-0.39, 0.29) is 0 Å². The number of hydrogen-bond acceptors (Lipinski definition) is 3. The molecule has 1 heterocycles. The van der Waals surface area contributed by atoms with Crippen molar-refractivity contribution in [3.05, 3.63) is 35.4 Å². The Morgan fingerprint density at radius 1 is 0.667 bits per heavy atom. The second-order valence-corrected chi connectivity index (χ2v) is 7.44. The Labute approximate surface area is 162 Å². The van der Waals surface area contributed by atoms with Crippen molar-refractivity contribution in [3.63, 3.8) is 0 Å². The van der Waals surface area contributed by atoms with Crippen LogP contribution < -0.4 is 9.47 Å². The molecule has 0 N–H and O–H groups in total. The van der Waals surface area contributed by atoms with Gasteiger partial charge in [0.2, 0.25) is 0 Å². The molecule has 0 saturated carbocycles. The lowest BCUT2D eigenvalue weighted by Gasteiger charge is -2.13. The van der Waals surface area contributed by atoms with Crippen molar-refractivity contribution < 1.29 is 13.9 Å². The highest BCUT2D eigenvalue weighted by atomic mass is 16.5. The lowest BCUT2D eigenvalue weighted by Crippen LogP contribution is -2.02. The summed E-state index contributed by atoms with van der Waals surface area (Å²) in [5, 5.41) is 2.24. The highest BCUT2D eigenvalue weighted by Crippen LogP contribution is 2.38. The molecular formula is C24H32O3. The SMILES string of the molecule is CCCCCOc1cc2oc3cc(C)c(C)cc3c2cc1OCCCCC. The van der Waals surface area contributed by atoms with Gasteiger partial charge in [0, 0.05) is 16.8 Å². The molecule has 0 unspecified atom stereocenters. The third-order valence-corrected chi connectivity index (χ3v) is 5.16. The third kappa shape index (κ3) is 4.58. The summed E-state index contributed by atoms with van der Waals surface area (Å²) in [5.41, 5.74) is 4.30. The minimum absolute atomic E-state index is 0.711. The lowest BCUT2D eigenvalue weighted by molar-refractivity contribution is 0.260. The van der Waals surface area contributed by atoms with Gasteiger partial charge in [0.25, 0.3) is 0 Å². The molecule has 0 atom stereocenters. The summed E-state index contributed by atoms with van der Waals surface area (Å²) in [5.74, 6) is 1.62. The summed E-state index contributed by atoms with van der Waals surface area (Å²) in [7, 11) is 0. The first kappa shape index (κ1) is 19.6. The molecule has 2 aromatic carbocycles. The van der Waals surface area contributed by atoms with E-state index in [1.54, 1.807) is 0 Å². The molecule has 0 amide bonds. The van der Waals surface area contributed by atoms with Crippen LogP contribution in [0.15, 0.2) is 28.7 Å². The molecule has 27 heavy (non-hydrogen) atoms. The summed E-state index contributed by atoms with van der Waals surface area (Å²) >= 11 is 0. The van der Waals surface area contributed by atoms with E-state index in [9.17, 15) is 0 Å². The minimum atomic E-state index is 0.711. The van der Waals surface area contributed by atoms with Crippen LogP contribution in [-0.2, 0) is 0 Å². The van der Waals surface area contributed by atoms with Gasteiger partial charge in [0.1, 0.15) is 11.2 Å². The molecule has 0 radical (unpaired) electrons. The predicted octanol–water partition coefficient (Wildman–Crippen LogP) is 7.34. The molecule has 1 aromatic heterocycles. The number of unbranched alkanes of at least 4 members (excludes halogenated alkanes) is 4. The van der Waals surface area contributed by atoms with Crippen molar-refractivity contribution in [3.8, 4) is 11.5 Å². The molecular weight excluding hydrogens is 336 g/mol. The fraction of sp³-hybridized carbons (Fsp3) is 0.500. The zero-order chi connectivity index (χ0) is 19.2. The van der Waals surface area contributed by atoms with Crippen LogP contribution in [0, 0.1) is 13.8 Å². The number of fused-ring (bicyclic) bond motifs is 3. The van der Waals surface area contributed by atoms with Crippen molar-refractivity contribution in [2.24, 2.45) is 0 Å². The molecule has 3 rings (SSSR count). The Hall–Kier alpha value is -2.16. The molecule has 0 aliphatic carbocycles. The predicted molar refractivity (Wildman–Crippen MR) is 113 cm³/mol. The Kier molecular flexibility index (Phi) is 6.65. The molecule has 0 saturated heterocycles. The van der Waals surface area contributed by atoms with Crippen LogP contribution >= 0.6 is 0 Å². The third-order valence-electron chi connectivity index (χ3n) is 5.16. The fourth-order valence-electron chi connectivity index (χ4n) is 3.33. The zero-order valence-corrected chi connectivity index (χ0v) is 17.2. The van der Waals surface area contributed by atoms with Crippen molar-refractivity contribution in [2.45, 2.75) is 66.2 Å². The fourth-order valence-corrected chi connectivity index (χ4v) is 3.33. The number of benzene rings is 2. The minimum Gasteiger partial charge on any atom is -0.490 e. The molecule has 0 aliphatic rings. The van der Waals surface area contributed by atoms with Gasteiger partial charge in [-0.2, -0.15) is 0 Å². The Bertz CT molecular complexity index is 892. The molecule has 0 spiro atoms. The molecule has 0 aliphatic heterocycles. The molecule has 0 bridgehead atoms. The number of furan rings is 1. The number of ether oxygens (including phenoxy) is 2. The summed E-state index contributed by atoms with van der Waals surface area (Å²) in [6.07, 6.45) is 6.86. The molecule has 3 heteroatoms. The van der Waals surface area contributed by atoms with Gasteiger partial charge < -0.3 is 13.9 Å². The number of aryl methyl sites for hydroxylation is 2. The number of rotatable bonds is 10. The highest BCUT2D eigenvalue weighted by Gasteiger charge is 2.15. The van der Waals surface area contributed by atoms with Crippen molar-refractivity contribution in [1.29, 1.82) is 0 Å². The molecule has 3 nitrogen and oxygen atoms in total. The van der Waals surface area contributed by atoms with Gasteiger partial charge in [-0.3, -0.25) is 0 Å². The van der Waals surface area contributed by atoms with Crippen LogP contribution in [0.25, 0.3) is 21.9 Å². The van der Waals surface area contributed by atoms with Gasteiger partial charge in [-0.1, -0.05) is 39.5 Å². The Morgan fingerprint density at radius 3 is 1.81 bits per heavy atom. The van der Waals surface area contributed by atoms with E-state index in [1.165, 1.54) is 36.8 Å². The van der Waals surface area contributed by atoms with E-state index in [0.29, 0.717) is 6.61 Å².